The predicted molar refractivity (Wildman–Crippen MR) is 92.1 cm³/mol. The zero-order valence-electron chi connectivity index (χ0n) is 11.7. The molecule has 0 saturated heterocycles. The van der Waals surface area contributed by atoms with Crippen LogP contribution >= 0.6 is 22.6 Å². The summed E-state index contributed by atoms with van der Waals surface area (Å²) in [5.41, 5.74) is 2.53. The molecule has 0 unspecified atom stereocenters. The van der Waals surface area contributed by atoms with E-state index in [1.807, 2.05) is 30.3 Å². The number of hydrogen-bond acceptors (Lipinski definition) is 2. The van der Waals surface area contributed by atoms with Gasteiger partial charge in [-0.05, 0) is 52.8 Å². The van der Waals surface area contributed by atoms with E-state index in [0.717, 1.165) is 12.8 Å². The van der Waals surface area contributed by atoms with E-state index in [0.29, 0.717) is 11.1 Å². The fraction of sp³-hybridized carbons (Fsp3) is 0.167. The van der Waals surface area contributed by atoms with E-state index in [2.05, 4.69) is 46.6 Å². The van der Waals surface area contributed by atoms with Crippen molar-refractivity contribution in [2.24, 2.45) is 0 Å². The zero-order chi connectivity index (χ0) is 15.1. The highest BCUT2D eigenvalue weighted by Crippen LogP contribution is 2.13. The predicted octanol–water partition coefficient (Wildman–Crippen LogP) is 4.06. The van der Waals surface area contributed by atoms with Crippen LogP contribution in [0.5, 0.6) is 0 Å². The van der Waals surface area contributed by atoms with Gasteiger partial charge in [0.05, 0.1) is 12.7 Å². The van der Waals surface area contributed by atoms with E-state index in [1.165, 1.54) is 16.2 Å². The van der Waals surface area contributed by atoms with Gasteiger partial charge in [0.2, 0.25) is 0 Å². The molecule has 2 nitrogen and oxygen atoms in total. The molecule has 0 saturated carbocycles. The van der Waals surface area contributed by atoms with Gasteiger partial charge in [0, 0.05) is 15.6 Å². The van der Waals surface area contributed by atoms with E-state index in [4.69, 9.17) is 4.74 Å². The fourth-order valence-corrected chi connectivity index (χ4v) is 2.59. The first-order chi connectivity index (χ1) is 10.2. The standard InChI is InChI=1S/C18H15IO2/c1-21-18(20)16-12-6-4-9-14(16)8-2-3-10-15-11-5-7-13-17(15)19/h4-7,9,11-13H,3,10H2,1H3. The molecule has 0 heterocycles. The van der Waals surface area contributed by atoms with Gasteiger partial charge in [-0.25, -0.2) is 4.79 Å². The lowest BCUT2D eigenvalue weighted by Gasteiger charge is -2.02. The number of hydrogen-bond donors (Lipinski definition) is 0. The third-order valence-electron chi connectivity index (χ3n) is 3.03. The summed E-state index contributed by atoms with van der Waals surface area (Å²) in [4.78, 5) is 11.6. The smallest absolute Gasteiger partial charge is 0.339 e. The van der Waals surface area contributed by atoms with Gasteiger partial charge in [-0.15, -0.1) is 0 Å². The van der Waals surface area contributed by atoms with Crippen molar-refractivity contribution < 1.29 is 9.53 Å². The van der Waals surface area contributed by atoms with Crippen LogP contribution in [-0.2, 0) is 11.2 Å². The fourth-order valence-electron chi connectivity index (χ4n) is 1.94. The number of carbonyl (C=O) groups excluding carboxylic acids is 1. The van der Waals surface area contributed by atoms with Crippen LogP contribution in [-0.4, -0.2) is 13.1 Å². The SMILES string of the molecule is COC(=O)c1ccccc1C#CCCc1ccccc1I. The Morgan fingerprint density at radius 3 is 2.62 bits per heavy atom. The molecule has 0 N–H and O–H groups in total. The second-order valence-corrected chi connectivity index (χ2v) is 5.59. The van der Waals surface area contributed by atoms with E-state index in [9.17, 15) is 4.79 Å². The summed E-state index contributed by atoms with van der Waals surface area (Å²) in [6.45, 7) is 0. The highest BCUT2D eigenvalue weighted by molar-refractivity contribution is 14.1. The highest BCUT2D eigenvalue weighted by Gasteiger charge is 2.08. The summed E-state index contributed by atoms with van der Waals surface area (Å²) in [6.07, 6.45) is 1.67. The molecule has 0 bridgehead atoms. The van der Waals surface area contributed by atoms with E-state index in [1.54, 1.807) is 6.07 Å². The number of carbonyl (C=O) groups is 1. The minimum absolute atomic E-state index is 0.350. The van der Waals surface area contributed by atoms with Crippen molar-refractivity contribution in [1.29, 1.82) is 0 Å². The highest BCUT2D eigenvalue weighted by atomic mass is 127. The van der Waals surface area contributed by atoms with Crippen LogP contribution < -0.4 is 0 Å². The molecular weight excluding hydrogens is 375 g/mol. The van der Waals surface area contributed by atoms with Crippen LogP contribution in [0.3, 0.4) is 0 Å². The molecule has 2 rings (SSSR count). The minimum atomic E-state index is -0.350. The summed E-state index contributed by atoms with van der Waals surface area (Å²) in [5, 5.41) is 0. The van der Waals surface area contributed by atoms with Crippen molar-refractivity contribution in [3.05, 3.63) is 68.8 Å². The van der Waals surface area contributed by atoms with Crippen LogP contribution in [0.25, 0.3) is 0 Å². The van der Waals surface area contributed by atoms with E-state index in [-0.39, 0.29) is 5.97 Å². The molecule has 0 aliphatic rings. The number of esters is 1. The third kappa shape index (κ3) is 4.33. The molecule has 2 aromatic carbocycles. The summed E-state index contributed by atoms with van der Waals surface area (Å²) >= 11 is 2.33. The molecule has 0 fully saturated rings. The second kappa shape index (κ2) is 7.84. The Bertz CT molecular complexity index is 696. The Morgan fingerprint density at radius 1 is 1.14 bits per heavy atom. The topological polar surface area (TPSA) is 26.3 Å². The normalized spacial score (nSPS) is 9.62. The lowest BCUT2D eigenvalue weighted by molar-refractivity contribution is 0.0600. The van der Waals surface area contributed by atoms with Crippen LogP contribution in [0, 0.1) is 15.4 Å². The molecule has 3 heteroatoms. The summed E-state index contributed by atoms with van der Waals surface area (Å²) < 4.78 is 6.02. The zero-order valence-corrected chi connectivity index (χ0v) is 13.9. The van der Waals surface area contributed by atoms with Crippen molar-refractivity contribution in [3.63, 3.8) is 0 Å². The molecule has 106 valence electrons. The first-order valence-corrected chi connectivity index (χ1v) is 7.70. The Balaban J connectivity index is 2.07. The number of rotatable bonds is 3. The van der Waals surface area contributed by atoms with Gasteiger partial charge in [0.1, 0.15) is 0 Å². The van der Waals surface area contributed by atoms with Gasteiger partial charge < -0.3 is 4.74 Å². The van der Waals surface area contributed by atoms with Crippen LogP contribution in [0.15, 0.2) is 48.5 Å². The first kappa shape index (κ1) is 15.6. The quantitative estimate of drug-likeness (QED) is 0.449. The van der Waals surface area contributed by atoms with Crippen molar-refractivity contribution in [3.8, 4) is 11.8 Å². The molecule has 0 amide bonds. The Morgan fingerprint density at radius 2 is 1.86 bits per heavy atom. The van der Waals surface area contributed by atoms with E-state index < -0.39 is 0 Å². The number of ether oxygens (including phenoxy) is 1. The average Bonchev–Trinajstić information content (AvgIpc) is 2.52. The molecule has 0 aliphatic heterocycles. The van der Waals surface area contributed by atoms with Crippen LogP contribution in [0.1, 0.15) is 27.9 Å². The van der Waals surface area contributed by atoms with Gasteiger partial charge in [0.25, 0.3) is 0 Å². The number of halogens is 1. The maximum atomic E-state index is 11.6. The Labute approximate surface area is 138 Å². The largest absolute Gasteiger partial charge is 0.465 e. The molecule has 0 aliphatic carbocycles. The van der Waals surface area contributed by atoms with Gasteiger partial charge in [-0.1, -0.05) is 42.2 Å². The summed E-state index contributed by atoms with van der Waals surface area (Å²) in [7, 11) is 1.38. The van der Waals surface area contributed by atoms with Gasteiger partial charge in [-0.3, -0.25) is 0 Å². The van der Waals surface area contributed by atoms with Gasteiger partial charge in [0.15, 0.2) is 0 Å². The maximum Gasteiger partial charge on any atom is 0.339 e. The van der Waals surface area contributed by atoms with E-state index >= 15 is 0 Å². The maximum absolute atomic E-state index is 11.6. The number of benzene rings is 2. The number of methoxy groups -OCH3 is 1. The molecule has 2 aromatic rings. The third-order valence-corrected chi connectivity index (χ3v) is 4.08. The average molecular weight is 390 g/mol. The first-order valence-electron chi connectivity index (χ1n) is 6.62. The lowest BCUT2D eigenvalue weighted by atomic mass is 10.1. The summed E-state index contributed by atoms with van der Waals surface area (Å²) in [6, 6.07) is 15.5. The van der Waals surface area contributed by atoms with Crippen molar-refractivity contribution >= 4 is 28.6 Å². The van der Waals surface area contributed by atoms with Crippen LogP contribution in [0.4, 0.5) is 0 Å². The molecule has 0 radical (unpaired) electrons. The second-order valence-electron chi connectivity index (χ2n) is 4.43. The molecule has 0 atom stereocenters. The van der Waals surface area contributed by atoms with Crippen LogP contribution in [0.2, 0.25) is 0 Å². The van der Waals surface area contributed by atoms with Gasteiger partial charge in [-0.2, -0.15) is 0 Å². The Kier molecular flexibility index (Phi) is 5.82. The lowest BCUT2D eigenvalue weighted by Crippen LogP contribution is -2.03. The molecule has 21 heavy (non-hydrogen) atoms. The summed E-state index contributed by atoms with van der Waals surface area (Å²) in [5.74, 6) is 5.85. The monoisotopic (exact) mass is 390 g/mol. The molecule has 0 spiro atoms. The Hall–Kier alpha value is -1.80. The van der Waals surface area contributed by atoms with Gasteiger partial charge >= 0.3 is 5.97 Å². The van der Waals surface area contributed by atoms with Crippen molar-refractivity contribution in [1.82, 2.24) is 0 Å². The van der Waals surface area contributed by atoms with Crippen molar-refractivity contribution in [2.75, 3.05) is 7.11 Å². The minimum Gasteiger partial charge on any atom is -0.465 e. The number of aryl methyl sites for hydroxylation is 1. The molecule has 0 aromatic heterocycles. The van der Waals surface area contributed by atoms with Crippen molar-refractivity contribution in [2.45, 2.75) is 12.8 Å². The molecular formula is C18H15IO2.